The van der Waals surface area contributed by atoms with E-state index < -0.39 is 6.04 Å². The monoisotopic (exact) mass is 496 g/mol. The van der Waals surface area contributed by atoms with Crippen LogP contribution in [0.25, 0.3) is 17.0 Å². The topological polar surface area (TPSA) is 99.0 Å². The summed E-state index contributed by atoms with van der Waals surface area (Å²) in [5.74, 6) is 2.03. The van der Waals surface area contributed by atoms with Crippen LogP contribution in [0.5, 0.6) is 11.5 Å². The molecule has 1 atom stereocenters. The smallest absolute Gasteiger partial charge is 0.322 e. The lowest BCUT2D eigenvalue weighted by atomic mass is 9.94. The lowest BCUT2D eigenvalue weighted by Gasteiger charge is -2.35. The SMILES string of the molecule is CCOCCCN1C(=O)NC(c2cccc(Cl)c2)C(c2nc(-c3ccc4c(c3)OCO4)no2)=C1C. The van der Waals surface area contributed by atoms with Gasteiger partial charge in [-0.05, 0) is 56.2 Å². The van der Waals surface area contributed by atoms with Crippen molar-refractivity contribution in [2.45, 2.75) is 26.3 Å². The van der Waals surface area contributed by atoms with Gasteiger partial charge < -0.3 is 24.1 Å². The molecule has 2 aliphatic rings. The molecule has 35 heavy (non-hydrogen) atoms. The fourth-order valence-corrected chi connectivity index (χ4v) is 4.42. The van der Waals surface area contributed by atoms with Crippen molar-refractivity contribution in [2.75, 3.05) is 26.6 Å². The minimum Gasteiger partial charge on any atom is -0.454 e. The van der Waals surface area contributed by atoms with Crippen LogP contribution in [0.4, 0.5) is 4.79 Å². The fourth-order valence-electron chi connectivity index (χ4n) is 4.22. The van der Waals surface area contributed by atoms with Crippen LogP contribution in [0.1, 0.15) is 37.8 Å². The van der Waals surface area contributed by atoms with E-state index in [1.807, 2.05) is 50.2 Å². The molecule has 9 nitrogen and oxygen atoms in total. The maximum Gasteiger partial charge on any atom is 0.322 e. The zero-order valence-electron chi connectivity index (χ0n) is 19.4. The van der Waals surface area contributed by atoms with Crippen molar-refractivity contribution in [3.8, 4) is 22.9 Å². The molecule has 10 heteroatoms. The Hall–Kier alpha value is -3.56. The van der Waals surface area contributed by atoms with Crippen LogP contribution in [-0.4, -0.2) is 47.6 Å². The third-order valence-corrected chi connectivity index (χ3v) is 6.18. The first-order valence-electron chi connectivity index (χ1n) is 11.4. The molecule has 182 valence electrons. The van der Waals surface area contributed by atoms with Gasteiger partial charge in [-0.1, -0.05) is 28.9 Å². The second kappa shape index (κ2) is 9.97. The van der Waals surface area contributed by atoms with E-state index in [4.69, 9.17) is 30.3 Å². The lowest BCUT2D eigenvalue weighted by Crippen LogP contribution is -2.46. The van der Waals surface area contributed by atoms with Crippen LogP contribution in [-0.2, 0) is 4.74 Å². The number of aromatic nitrogens is 2. The molecule has 0 bridgehead atoms. The van der Waals surface area contributed by atoms with Crippen molar-refractivity contribution in [3.63, 3.8) is 0 Å². The summed E-state index contributed by atoms with van der Waals surface area (Å²) in [5, 5.41) is 7.85. The molecule has 0 spiro atoms. The van der Waals surface area contributed by atoms with E-state index >= 15 is 0 Å². The Morgan fingerprint density at radius 3 is 2.89 bits per heavy atom. The highest BCUT2D eigenvalue weighted by molar-refractivity contribution is 6.30. The minimum absolute atomic E-state index is 0.183. The molecular weight excluding hydrogens is 472 g/mol. The zero-order valence-corrected chi connectivity index (χ0v) is 20.2. The predicted molar refractivity (Wildman–Crippen MR) is 129 cm³/mol. The van der Waals surface area contributed by atoms with Gasteiger partial charge in [0.2, 0.25) is 12.6 Å². The zero-order chi connectivity index (χ0) is 24.4. The Morgan fingerprint density at radius 2 is 2.06 bits per heavy atom. The molecule has 3 aromatic rings. The summed E-state index contributed by atoms with van der Waals surface area (Å²) in [6, 6.07) is 12.1. The molecule has 5 rings (SSSR count). The molecule has 1 unspecified atom stereocenters. The van der Waals surface area contributed by atoms with Gasteiger partial charge in [-0.15, -0.1) is 0 Å². The fraction of sp³-hybridized carbons (Fsp3) is 0.320. The number of allylic oxidation sites excluding steroid dienone is 1. The van der Waals surface area contributed by atoms with Crippen molar-refractivity contribution < 1.29 is 23.5 Å². The maximum absolute atomic E-state index is 13.1. The van der Waals surface area contributed by atoms with Crippen molar-refractivity contribution in [3.05, 3.63) is 64.6 Å². The molecule has 0 radical (unpaired) electrons. The van der Waals surface area contributed by atoms with E-state index in [-0.39, 0.29) is 12.8 Å². The summed E-state index contributed by atoms with van der Waals surface area (Å²) in [6.07, 6.45) is 0.694. The van der Waals surface area contributed by atoms with Crippen LogP contribution in [0.15, 0.2) is 52.7 Å². The number of benzene rings is 2. The second-order valence-electron chi connectivity index (χ2n) is 8.13. The van der Waals surface area contributed by atoms with Crippen LogP contribution in [0, 0.1) is 0 Å². The van der Waals surface area contributed by atoms with Gasteiger partial charge in [0.25, 0.3) is 5.89 Å². The van der Waals surface area contributed by atoms with Crippen molar-refractivity contribution >= 4 is 23.2 Å². The Morgan fingerprint density at radius 1 is 1.20 bits per heavy atom. The van der Waals surface area contributed by atoms with Gasteiger partial charge in [-0.25, -0.2) is 4.79 Å². The number of amides is 2. The summed E-state index contributed by atoms with van der Waals surface area (Å²) in [6.45, 7) is 5.70. The highest BCUT2D eigenvalue weighted by Crippen LogP contribution is 2.39. The van der Waals surface area contributed by atoms with Crippen LogP contribution < -0.4 is 14.8 Å². The molecule has 3 heterocycles. The molecule has 0 aliphatic carbocycles. The van der Waals surface area contributed by atoms with Gasteiger partial charge in [0.15, 0.2) is 11.5 Å². The van der Waals surface area contributed by atoms with Gasteiger partial charge in [0, 0.05) is 36.0 Å². The number of urea groups is 1. The molecule has 2 aromatic carbocycles. The van der Waals surface area contributed by atoms with Gasteiger partial charge in [-0.3, -0.25) is 4.90 Å². The average molecular weight is 497 g/mol. The Kier molecular flexibility index (Phi) is 6.61. The molecule has 0 fully saturated rings. The van der Waals surface area contributed by atoms with Crippen molar-refractivity contribution in [2.24, 2.45) is 0 Å². The summed E-state index contributed by atoms with van der Waals surface area (Å²) < 4.78 is 22.0. The molecule has 1 N–H and O–H groups in total. The van der Waals surface area contributed by atoms with Crippen LogP contribution in [0.3, 0.4) is 0 Å². The quantitative estimate of drug-likeness (QED) is 0.436. The number of nitrogens with zero attached hydrogens (tertiary/aromatic N) is 3. The number of nitrogens with one attached hydrogen (secondary N) is 1. The highest BCUT2D eigenvalue weighted by atomic mass is 35.5. The summed E-state index contributed by atoms with van der Waals surface area (Å²) in [5.41, 5.74) is 2.99. The Bertz CT molecular complexity index is 1270. The number of carbonyl (C=O) groups is 1. The van der Waals surface area contributed by atoms with Crippen molar-refractivity contribution in [1.29, 1.82) is 0 Å². The normalized spacial score (nSPS) is 17.2. The largest absolute Gasteiger partial charge is 0.454 e. The average Bonchev–Trinajstić information content (AvgIpc) is 3.52. The minimum atomic E-state index is -0.505. The van der Waals surface area contributed by atoms with Crippen LogP contribution in [0.2, 0.25) is 5.02 Å². The number of hydrogen-bond donors (Lipinski definition) is 1. The predicted octanol–water partition coefficient (Wildman–Crippen LogP) is 5.04. The number of hydrogen-bond acceptors (Lipinski definition) is 7. The standard InChI is InChI=1S/C25H25ClN4O5/c1-3-32-11-5-10-30-15(2)21(22(27-25(30)31)16-6-4-7-18(26)12-16)24-28-23(29-35-24)17-8-9-19-20(13-17)34-14-33-19/h4,6-9,12-13,22H,3,5,10-11,14H2,1-2H3,(H,27,31). The molecular formula is C25H25ClN4O5. The molecule has 0 saturated carbocycles. The maximum atomic E-state index is 13.1. The Balaban J connectivity index is 1.52. The summed E-state index contributed by atoms with van der Waals surface area (Å²) in [4.78, 5) is 19.4. The van der Waals surface area contributed by atoms with Crippen LogP contribution >= 0.6 is 11.6 Å². The molecule has 2 aliphatic heterocycles. The van der Waals surface area contributed by atoms with Crippen molar-refractivity contribution in [1.82, 2.24) is 20.4 Å². The first kappa shape index (κ1) is 23.2. The third kappa shape index (κ3) is 4.69. The van der Waals surface area contributed by atoms with Gasteiger partial charge in [0.05, 0.1) is 11.6 Å². The summed E-state index contributed by atoms with van der Waals surface area (Å²) in [7, 11) is 0. The number of halogens is 1. The van der Waals surface area contributed by atoms with E-state index in [0.717, 1.165) is 16.8 Å². The van der Waals surface area contributed by atoms with E-state index in [1.54, 1.807) is 11.0 Å². The number of fused-ring (bicyclic) bond motifs is 1. The summed E-state index contributed by atoms with van der Waals surface area (Å²) >= 11 is 6.26. The first-order valence-corrected chi connectivity index (χ1v) is 11.8. The van der Waals surface area contributed by atoms with Gasteiger partial charge in [-0.2, -0.15) is 4.98 Å². The molecule has 1 aromatic heterocycles. The Labute approximate surface area is 207 Å². The third-order valence-electron chi connectivity index (χ3n) is 5.94. The number of ether oxygens (including phenoxy) is 3. The molecule has 0 saturated heterocycles. The van der Waals surface area contributed by atoms with E-state index in [2.05, 4.69) is 15.5 Å². The number of rotatable bonds is 8. The highest BCUT2D eigenvalue weighted by Gasteiger charge is 2.35. The first-order chi connectivity index (χ1) is 17.0. The van der Waals surface area contributed by atoms with Gasteiger partial charge >= 0.3 is 6.03 Å². The van der Waals surface area contributed by atoms with E-state index in [1.165, 1.54) is 0 Å². The van der Waals surface area contributed by atoms with E-state index in [0.29, 0.717) is 60.0 Å². The van der Waals surface area contributed by atoms with Gasteiger partial charge in [0.1, 0.15) is 0 Å². The number of carbonyl (C=O) groups excluding carboxylic acids is 1. The lowest BCUT2D eigenvalue weighted by molar-refractivity contribution is 0.136. The molecule has 2 amide bonds. The van der Waals surface area contributed by atoms with E-state index in [9.17, 15) is 4.79 Å². The second-order valence-corrected chi connectivity index (χ2v) is 8.57.